The highest BCUT2D eigenvalue weighted by atomic mass is 35.5. The molecule has 22 heavy (non-hydrogen) atoms. The molecule has 3 aromatic rings. The maximum Gasteiger partial charge on any atom is 0.278 e. The number of nitrogens with two attached hydrogens (primary N) is 1. The van der Waals surface area contributed by atoms with E-state index in [0.717, 1.165) is 10.5 Å². The number of halogens is 1. The quantitative estimate of drug-likeness (QED) is 0.501. The zero-order valence-corrected chi connectivity index (χ0v) is 12.9. The van der Waals surface area contributed by atoms with Gasteiger partial charge in [-0.15, -0.1) is 0 Å². The monoisotopic (exact) mass is 333 g/mol. The average molecular weight is 334 g/mol. The van der Waals surface area contributed by atoms with Gasteiger partial charge in [-0.1, -0.05) is 23.7 Å². The van der Waals surface area contributed by atoms with Crippen LogP contribution in [0.25, 0.3) is 11.0 Å². The van der Waals surface area contributed by atoms with Crippen molar-refractivity contribution in [2.75, 3.05) is 5.32 Å². The van der Waals surface area contributed by atoms with Gasteiger partial charge in [0.2, 0.25) is 5.95 Å². The molecule has 2 heterocycles. The smallest absolute Gasteiger partial charge is 0.278 e. The molecule has 0 aliphatic rings. The number of aromatic nitrogens is 3. The molecule has 6 nitrogen and oxygen atoms in total. The Balaban J connectivity index is 1.81. The van der Waals surface area contributed by atoms with Crippen LogP contribution in [0.2, 0.25) is 5.15 Å². The third kappa shape index (κ3) is 3.22. The summed E-state index contributed by atoms with van der Waals surface area (Å²) in [5.41, 5.74) is 1.44. The van der Waals surface area contributed by atoms with Crippen molar-refractivity contribution in [2.24, 2.45) is 5.14 Å². The van der Waals surface area contributed by atoms with Crippen LogP contribution < -0.4 is 16.0 Å². The van der Waals surface area contributed by atoms with Crippen molar-refractivity contribution in [3.63, 3.8) is 0 Å². The molecule has 0 aliphatic heterocycles. The second-order valence-corrected chi connectivity index (χ2v) is 5.63. The summed E-state index contributed by atoms with van der Waals surface area (Å²) in [5, 5.41) is 8.82. The highest BCUT2D eigenvalue weighted by Crippen LogP contribution is 2.14. The van der Waals surface area contributed by atoms with Crippen LogP contribution in [0.15, 0.2) is 46.1 Å². The van der Waals surface area contributed by atoms with Crippen molar-refractivity contribution >= 4 is 40.5 Å². The van der Waals surface area contributed by atoms with E-state index < -0.39 is 0 Å². The normalized spacial score (nSPS) is 10.8. The molecule has 0 spiro atoms. The molecule has 0 radical (unpaired) electrons. The van der Waals surface area contributed by atoms with Crippen molar-refractivity contribution in [1.82, 2.24) is 15.0 Å². The van der Waals surface area contributed by atoms with Gasteiger partial charge in [0, 0.05) is 11.4 Å². The molecule has 0 bridgehead atoms. The molecule has 4 N–H and O–H groups in total. The van der Waals surface area contributed by atoms with E-state index in [1.165, 1.54) is 11.9 Å². The fraction of sp³-hybridized carbons (Fsp3) is 0.0714. The van der Waals surface area contributed by atoms with Gasteiger partial charge in [0.1, 0.15) is 5.15 Å². The largest absolute Gasteiger partial charge is 0.352 e. The second kappa shape index (κ2) is 6.35. The molecule has 112 valence electrons. The molecule has 0 saturated heterocycles. The molecule has 0 amide bonds. The van der Waals surface area contributed by atoms with Crippen LogP contribution in [0.4, 0.5) is 5.95 Å². The Morgan fingerprint density at radius 1 is 1.18 bits per heavy atom. The molecule has 8 heteroatoms. The van der Waals surface area contributed by atoms with Gasteiger partial charge in [-0.05, 0) is 41.8 Å². The molecular formula is C14H12ClN5OS. The van der Waals surface area contributed by atoms with Gasteiger partial charge in [-0.3, -0.25) is 14.9 Å². The molecular weight excluding hydrogens is 322 g/mol. The zero-order chi connectivity index (χ0) is 15.5. The molecule has 0 unspecified atom stereocenters. The number of fused-ring (bicyclic) bond motifs is 1. The molecule has 0 atom stereocenters. The molecule has 0 saturated carbocycles. The third-order valence-electron chi connectivity index (χ3n) is 3.04. The SMILES string of the molecule is NSc1ccc(CNc2nc3ccc(Cl)nc3c(=O)[nH]2)cc1. The Labute approximate surface area is 135 Å². The summed E-state index contributed by atoms with van der Waals surface area (Å²) >= 11 is 6.98. The summed E-state index contributed by atoms with van der Waals surface area (Å²) in [6, 6.07) is 11.1. The van der Waals surface area contributed by atoms with Gasteiger partial charge in [0.25, 0.3) is 5.56 Å². The maximum absolute atomic E-state index is 12.0. The second-order valence-electron chi connectivity index (χ2n) is 4.53. The number of pyridine rings is 1. The highest BCUT2D eigenvalue weighted by Gasteiger charge is 2.05. The average Bonchev–Trinajstić information content (AvgIpc) is 2.54. The van der Waals surface area contributed by atoms with Crippen molar-refractivity contribution in [1.29, 1.82) is 0 Å². The van der Waals surface area contributed by atoms with Crippen LogP contribution in [0.3, 0.4) is 0 Å². The van der Waals surface area contributed by atoms with E-state index in [1.54, 1.807) is 12.1 Å². The Morgan fingerprint density at radius 3 is 2.68 bits per heavy atom. The van der Waals surface area contributed by atoms with Crippen LogP contribution in [0.1, 0.15) is 5.56 Å². The van der Waals surface area contributed by atoms with Crippen LogP contribution in [0.5, 0.6) is 0 Å². The summed E-state index contributed by atoms with van der Waals surface area (Å²) in [4.78, 5) is 23.9. The van der Waals surface area contributed by atoms with Crippen LogP contribution >= 0.6 is 23.5 Å². The predicted molar refractivity (Wildman–Crippen MR) is 89.0 cm³/mol. The number of rotatable bonds is 4. The first-order chi connectivity index (χ1) is 10.7. The lowest BCUT2D eigenvalue weighted by atomic mass is 10.2. The molecule has 1 aromatic carbocycles. The third-order valence-corrected chi connectivity index (χ3v) is 3.79. The van der Waals surface area contributed by atoms with Gasteiger partial charge < -0.3 is 5.32 Å². The molecule has 2 aromatic heterocycles. The number of anilines is 1. The van der Waals surface area contributed by atoms with Crippen molar-refractivity contribution in [3.05, 3.63) is 57.5 Å². The van der Waals surface area contributed by atoms with Crippen molar-refractivity contribution in [2.45, 2.75) is 11.4 Å². The zero-order valence-electron chi connectivity index (χ0n) is 11.3. The fourth-order valence-corrected chi connectivity index (χ4v) is 2.40. The summed E-state index contributed by atoms with van der Waals surface area (Å²) < 4.78 is 0. The fourth-order valence-electron chi connectivity index (χ4n) is 1.96. The van der Waals surface area contributed by atoms with E-state index in [9.17, 15) is 4.79 Å². The van der Waals surface area contributed by atoms with Gasteiger partial charge in [0.05, 0.1) is 5.52 Å². The Morgan fingerprint density at radius 2 is 1.95 bits per heavy atom. The first kappa shape index (κ1) is 14.8. The number of nitrogens with one attached hydrogen (secondary N) is 2. The van der Waals surface area contributed by atoms with Crippen molar-refractivity contribution < 1.29 is 0 Å². The van der Waals surface area contributed by atoms with E-state index in [4.69, 9.17) is 16.7 Å². The number of H-pyrrole nitrogens is 1. The topological polar surface area (TPSA) is 96.7 Å². The number of hydrogen-bond acceptors (Lipinski definition) is 6. The van der Waals surface area contributed by atoms with Crippen LogP contribution in [0, 0.1) is 0 Å². The van der Waals surface area contributed by atoms with Gasteiger partial charge >= 0.3 is 0 Å². The van der Waals surface area contributed by atoms with Crippen molar-refractivity contribution in [3.8, 4) is 0 Å². The standard InChI is InChI=1S/C14H12ClN5OS/c15-11-6-5-10-12(19-11)13(21)20-14(18-10)17-7-8-1-3-9(22-16)4-2-8/h1-6H,7,16H2,(H2,17,18,20,21). The number of aromatic amines is 1. The summed E-state index contributed by atoms with van der Waals surface area (Å²) in [5.74, 6) is 0.388. The Kier molecular flexibility index (Phi) is 4.28. The molecule has 0 fully saturated rings. The Bertz CT molecular complexity index is 865. The van der Waals surface area contributed by atoms with E-state index in [2.05, 4.69) is 20.3 Å². The lowest BCUT2D eigenvalue weighted by molar-refractivity contribution is 1.05. The van der Waals surface area contributed by atoms with E-state index in [1.807, 2.05) is 24.3 Å². The van der Waals surface area contributed by atoms with Crippen LogP contribution in [-0.2, 0) is 6.54 Å². The van der Waals surface area contributed by atoms with E-state index in [-0.39, 0.29) is 16.2 Å². The van der Waals surface area contributed by atoms with Gasteiger partial charge in [0.15, 0.2) is 5.52 Å². The minimum absolute atomic E-state index is 0.224. The minimum atomic E-state index is -0.329. The first-order valence-corrected chi connectivity index (χ1v) is 7.67. The van der Waals surface area contributed by atoms with E-state index >= 15 is 0 Å². The first-order valence-electron chi connectivity index (χ1n) is 6.42. The van der Waals surface area contributed by atoms with Crippen LogP contribution in [-0.4, -0.2) is 15.0 Å². The highest BCUT2D eigenvalue weighted by molar-refractivity contribution is 7.97. The van der Waals surface area contributed by atoms with E-state index in [0.29, 0.717) is 18.0 Å². The van der Waals surface area contributed by atoms with Gasteiger partial charge in [-0.2, -0.15) is 0 Å². The summed E-state index contributed by atoms with van der Waals surface area (Å²) in [6.07, 6.45) is 0. The molecule has 0 aliphatic carbocycles. The minimum Gasteiger partial charge on any atom is -0.352 e. The Hall–Kier alpha value is -2.09. The lowest BCUT2D eigenvalue weighted by Crippen LogP contribution is -2.14. The lowest BCUT2D eigenvalue weighted by Gasteiger charge is -2.07. The number of nitrogens with zero attached hydrogens (tertiary/aromatic N) is 2. The summed E-state index contributed by atoms with van der Waals surface area (Å²) in [6.45, 7) is 0.533. The molecule has 3 rings (SSSR count). The number of hydrogen-bond donors (Lipinski definition) is 3. The summed E-state index contributed by atoms with van der Waals surface area (Å²) in [7, 11) is 0. The van der Waals surface area contributed by atoms with Gasteiger partial charge in [-0.25, -0.2) is 9.97 Å². The predicted octanol–water partition coefficient (Wildman–Crippen LogP) is 2.55. The maximum atomic E-state index is 12.0. The number of benzene rings is 1.